The summed E-state index contributed by atoms with van der Waals surface area (Å²) in [6.07, 6.45) is 5.83. The van der Waals surface area contributed by atoms with Crippen LogP contribution in [0.3, 0.4) is 0 Å². The molecule has 5 nitrogen and oxygen atoms in total. The summed E-state index contributed by atoms with van der Waals surface area (Å²) < 4.78 is 11.1. The summed E-state index contributed by atoms with van der Waals surface area (Å²) in [4.78, 5) is 30.1. The molecule has 0 saturated heterocycles. The Balaban J connectivity index is 0. The van der Waals surface area contributed by atoms with Gasteiger partial charge in [-0.2, -0.15) is 0 Å². The monoisotopic (exact) mass is 407 g/mol. The zero-order valence-electron chi connectivity index (χ0n) is 13.5. The summed E-state index contributed by atoms with van der Waals surface area (Å²) in [5.74, 6) is 0.0808. The first-order valence-corrected chi connectivity index (χ1v) is 11.2. The van der Waals surface area contributed by atoms with E-state index in [2.05, 4.69) is 12.2 Å². The number of hydrogen-bond acceptors (Lipinski definition) is 3. The Kier molecular flexibility index (Phi) is 18.4. The molecular weight excluding hydrogens is 379 g/mol. The topological polar surface area (TPSA) is 86.6 Å². The summed E-state index contributed by atoms with van der Waals surface area (Å²) in [6, 6.07) is 8.88. The number of hydrogen-bond donors (Lipinski definition) is 3. The van der Waals surface area contributed by atoms with Crippen LogP contribution in [0.25, 0.3) is 0 Å². The molecule has 0 aromatic heterocycles. The molecule has 134 valence electrons. The van der Waals surface area contributed by atoms with Crippen molar-refractivity contribution in [2.45, 2.75) is 51.5 Å². The number of rotatable bonds is 11. The van der Waals surface area contributed by atoms with E-state index < -0.39 is 12.8 Å². The van der Waals surface area contributed by atoms with Gasteiger partial charge in [-0.15, -0.1) is 0 Å². The van der Waals surface area contributed by atoms with Gasteiger partial charge in [0.2, 0.25) is 5.91 Å². The number of benzene rings is 1. The van der Waals surface area contributed by atoms with Crippen molar-refractivity contribution in [3.05, 3.63) is 35.9 Å². The quantitative estimate of drug-likeness (QED) is 0.298. The van der Waals surface area contributed by atoms with E-state index >= 15 is 0 Å². The molecule has 0 aliphatic carbocycles. The van der Waals surface area contributed by atoms with Crippen LogP contribution in [0.5, 0.6) is 0 Å². The molecule has 1 amide bonds. The molecule has 0 unspecified atom stereocenters. The molecule has 0 fully saturated rings. The van der Waals surface area contributed by atoms with Gasteiger partial charge in [0.25, 0.3) is 0 Å². The predicted octanol–water partition coefficient (Wildman–Crippen LogP) is 2.73. The summed E-state index contributed by atoms with van der Waals surface area (Å²) in [6.45, 7) is -2.00. The number of amides is 1. The van der Waals surface area contributed by atoms with Crippen molar-refractivity contribution in [1.82, 2.24) is 5.32 Å². The predicted molar refractivity (Wildman–Crippen MR) is 110 cm³/mol. The molecule has 0 heterocycles. The maximum absolute atomic E-state index is 12.1. The Morgan fingerprint density at radius 2 is 1.72 bits per heavy atom. The molecule has 9 heteroatoms. The summed E-state index contributed by atoms with van der Waals surface area (Å²) in [5, 5.41) is 2.89. The molecule has 0 aliphatic rings. The molecule has 0 spiro atoms. The van der Waals surface area contributed by atoms with Gasteiger partial charge in [-0.25, -0.2) is 4.57 Å². The number of carbonyl (C=O) groups excluding carboxylic acids is 1. The second-order valence-corrected chi connectivity index (χ2v) is 9.26. The molecule has 0 aliphatic heterocycles. The van der Waals surface area contributed by atoms with Gasteiger partial charge in [-0.1, -0.05) is 62.9 Å². The minimum atomic E-state index is -4.15. The second kappa shape index (κ2) is 16.2. The fraction of sp³-hybridized carbons (Fsp3) is 0.562. The van der Waals surface area contributed by atoms with Crippen LogP contribution in [-0.4, -0.2) is 80.6 Å². The van der Waals surface area contributed by atoms with Gasteiger partial charge in [0.05, 0.1) is 6.04 Å². The van der Waals surface area contributed by atoms with Gasteiger partial charge in [0, 0.05) is 12.2 Å². The summed E-state index contributed by atoms with van der Waals surface area (Å²) in [5.41, 5.74) is 0.854. The first kappa shape index (κ1) is 28.4. The van der Waals surface area contributed by atoms with Crippen molar-refractivity contribution in [3.8, 4) is 0 Å². The van der Waals surface area contributed by atoms with Crippen molar-refractivity contribution < 1.29 is 19.1 Å². The standard InChI is InChI=1S/C16H26NO4PS.2Na.2H/c1-2-3-4-5-9-12-16(18)17-15(13-23-22(19,20)21)14-10-7-6-8-11-14;;;;/h6-8,10-11,15H,2-5,9,12-13H2,1H3,(H,17,18)(H2,19,20,21);;;;/t15-;;;;/m0..../s1. The van der Waals surface area contributed by atoms with Crippen molar-refractivity contribution in [2.24, 2.45) is 0 Å². The fourth-order valence-electron chi connectivity index (χ4n) is 2.23. The van der Waals surface area contributed by atoms with Gasteiger partial charge >= 0.3 is 65.9 Å². The van der Waals surface area contributed by atoms with E-state index in [0.29, 0.717) is 17.8 Å². The SMILES string of the molecule is CCCCCCCC(=O)N[C@@H](CSP(=O)(O)O)c1ccccc1.[NaH].[NaH]. The van der Waals surface area contributed by atoms with Gasteiger partial charge in [-0.3, -0.25) is 4.79 Å². The van der Waals surface area contributed by atoms with Crippen molar-refractivity contribution in [1.29, 1.82) is 0 Å². The molecule has 25 heavy (non-hydrogen) atoms. The molecule has 1 aromatic rings. The average Bonchev–Trinajstić information content (AvgIpc) is 2.51. The van der Waals surface area contributed by atoms with Crippen molar-refractivity contribution in [3.63, 3.8) is 0 Å². The Morgan fingerprint density at radius 1 is 1.12 bits per heavy atom. The third-order valence-corrected chi connectivity index (χ3v) is 5.73. The van der Waals surface area contributed by atoms with Crippen LogP contribution in [0.4, 0.5) is 0 Å². The molecule has 1 rings (SSSR count). The minimum absolute atomic E-state index is 0. The van der Waals surface area contributed by atoms with Crippen molar-refractivity contribution in [2.75, 3.05) is 5.75 Å². The maximum atomic E-state index is 12.1. The van der Waals surface area contributed by atoms with E-state index in [1.165, 1.54) is 12.8 Å². The second-order valence-electron chi connectivity index (χ2n) is 5.48. The molecule has 0 bridgehead atoms. The zero-order valence-corrected chi connectivity index (χ0v) is 15.2. The first-order valence-electron chi connectivity index (χ1n) is 7.96. The average molecular weight is 407 g/mol. The van der Waals surface area contributed by atoms with Gasteiger partial charge in [-0.05, 0) is 23.4 Å². The van der Waals surface area contributed by atoms with E-state index in [1.807, 2.05) is 30.3 Å². The van der Waals surface area contributed by atoms with Gasteiger partial charge < -0.3 is 15.1 Å². The van der Waals surface area contributed by atoms with Crippen LogP contribution >= 0.6 is 18.2 Å². The normalized spacial score (nSPS) is 11.8. The fourth-order valence-corrected chi connectivity index (χ4v) is 3.88. The van der Waals surface area contributed by atoms with Crippen LogP contribution in [-0.2, 0) is 9.36 Å². The zero-order chi connectivity index (χ0) is 17.1. The summed E-state index contributed by atoms with van der Waals surface area (Å²) >= 11 is 0.565. The van der Waals surface area contributed by atoms with Crippen LogP contribution < -0.4 is 5.32 Å². The molecule has 3 N–H and O–H groups in total. The van der Waals surface area contributed by atoms with E-state index in [0.717, 1.165) is 24.8 Å². The number of unbranched alkanes of at least 4 members (excludes halogenated alkanes) is 4. The van der Waals surface area contributed by atoms with E-state index in [-0.39, 0.29) is 70.8 Å². The summed E-state index contributed by atoms with van der Waals surface area (Å²) in [7, 11) is 0. The molecule has 1 aromatic carbocycles. The first-order chi connectivity index (χ1) is 10.9. The third-order valence-electron chi connectivity index (χ3n) is 3.45. The third kappa shape index (κ3) is 14.9. The van der Waals surface area contributed by atoms with Gasteiger partial charge in [0.15, 0.2) is 0 Å². The van der Waals surface area contributed by atoms with Crippen molar-refractivity contribution >= 4 is 83.2 Å². The Hall–Kier alpha value is 1.19. The van der Waals surface area contributed by atoms with Crippen LogP contribution in [0.2, 0.25) is 0 Å². The molecule has 1 atom stereocenters. The number of carbonyl (C=O) groups is 1. The van der Waals surface area contributed by atoms with E-state index in [4.69, 9.17) is 9.79 Å². The Bertz CT molecular complexity index is 516. The molecule has 0 saturated carbocycles. The van der Waals surface area contributed by atoms with Gasteiger partial charge in [0.1, 0.15) is 0 Å². The Labute approximate surface area is 199 Å². The van der Waals surface area contributed by atoms with E-state index in [1.54, 1.807) is 0 Å². The molecular formula is C16H28NNa2O4PS. The van der Waals surface area contributed by atoms with Crippen LogP contribution in [0, 0.1) is 0 Å². The number of nitrogens with one attached hydrogen (secondary N) is 1. The Morgan fingerprint density at radius 3 is 2.28 bits per heavy atom. The molecule has 0 radical (unpaired) electrons. The van der Waals surface area contributed by atoms with Crippen LogP contribution in [0.15, 0.2) is 30.3 Å². The van der Waals surface area contributed by atoms with Crippen LogP contribution in [0.1, 0.15) is 57.1 Å². The van der Waals surface area contributed by atoms with E-state index in [9.17, 15) is 9.36 Å².